The summed E-state index contributed by atoms with van der Waals surface area (Å²) in [5.41, 5.74) is 0. The Labute approximate surface area is 65.1 Å². The van der Waals surface area contributed by atoms with Crippen LogP contribution in [0.25, 0.3) is 0 Å². The van der Waals surface area contributed by atoms with Crippen LogP contribution in [0.4, 0.5) is 0 Å². The number of ether oxygens (including phenoxy) is 2. The van der Waals surface area contributed by atoms with E-state index in [0.29, 0.717) is 0 Å². The summed E-state index contributed by atoms with van der Waals surface area (Å²) in [6.45, 7) is -0.159. The molecule has 0 aliphatic heterocycles. The second kappa shape index (κ2) is 7.06. The number of hydrogen-bond donors (Lipinski definition) is 1. The van der Waals surface area contributed by atoms with E-state index in [0.717, 1.165) is 0 Å². The molecule has 0 atom stereocenters. The molecule has 4 heteroatoms. The van der Waals surface area contributed by atoms with Gasteiger partial charge in [0.15, 0.2) is 0 Å². The molecule has 0 radical (unpaired) electrons. The fraction of sp³-hybridized carbons (Fsp3) is 0.571. The first kappa shape index (κ1) is 9.95. The number of carbonyl (C=O) groups excluding carboxylic acids is 1. The molecule has 4 nitrogen and oxygen atoms in total. The molecule has 11 heavy (non-hydrogen) atoms. The summed E-state index contributed by atoms with van der Waals surface area (Å²) in [5, 5.41) is 8.20. The smallest absolute Gasteiger partial charge is 0.331 e. The first-order valence-electron chi connectivity index (χ1n) is 3.02. The van der Waals surface area contributed by atoms with Crippen molar-refractivity contribution < 1.29 is 19.4 Å². The molecule has 0 aromatic heterocycles. The fourth-order valence-corrected chi connectivity index (χ4v) is 0.351. The van der Waals surface area contributed by atoms with E-state index >= 15 is 0 Å². The molecule has 0 spiro atoms. The number of esters is 1. The van der Waals surface area contributed by atoms with E-state index in [1.807, 2.05) is 0 Å². The number of rotatable bonds is 3. The molecule has 1 N–H and O–H groups in total. The zero-order valence-corrected chi connectivity index (χ0v) is 6.29. The van der Waals surface area contributed by atoms with Crippen LogP contribution in [0.1, 0.15) is 0 Å². The van der Waals surface area contributed by atoms with Gasteiger partial charge in [0.2, 0.25) is 0 Å². The molecule has 0 aliphatic rings. The largest absolute Gasteiger partial charge is 0.467 e. The Morgan fingerprint density at radius 1 is 1.55 bits per heavy atom. The van der Waals surface area contributed by atoms with Gasteiger partial charge < -0.3 is 14.6 Å². The van der Waals surface area contributed by atoms with Gasteiger partial charge in [-0.15, -0.1) is 0 Å². The molecular formula is C7H10O4. The molecule has 0 unspecified atom stereocenters. The third-order valence-electron chi connectivity index (χ3n) is 0.826. The topological polar surface area (TPSA) is 55.8 Å². The van der Waals surface area contributed by atoms with E-state index in [1.54, 1.807) is 0 Å². The number of aliphatic hydroxyl groups excluding tert-OH is 1. The maximum atomic E-state index is 10.4. The second-order valence-corrected chi connectivity index (χ2v) is 1.58. The van der Waals surface area contributed by atoms with Crippen LogP contribution in [0.3, 0.4) is 0 Å². The van der Waals surface area contributed by atoms with Gasteiger partial charge in [0.25, 0.3) is 0 Å². The van der Waals surface area contributed by atoms with Gasteiger partial charge in [-0.25, -0.2) is 4.79 Å². The summed E-state index contributed by atoms with van der Waals surface area (Å²) in [7, 11) is 1.28. The van der Waals surface area contributed by atoms with Crippen molar-refractivity contribution in [1.82, 2.24) is 0 Å². The molecule has 0 amide bonds. The summed E-state index contributed by atoms with van der Waals surface area (Å²) < 4.78 is 9.02. The van der Waals surface area contributed by atoms with E-state index in [-0.39, 0.29) is 19.8 Å². The van der Waals surface area contributed by atoms with Crippen molar-refractivity contribution in [3.05, 3.63) is 0 Å². The molecule has 0 aromatic carbocycles. The monoisotopic (exact) mass is 158 g/mol. The van der Waals surface area contributed by atoms with Crippen molar-refractivity contribution in [3.8, 4) is 11.8 Å². The van der Waals surface area contributed by atoms with E-state index < -0.39 is 5.97 Å². The van der Waals surface area contributed by atoms with Crippen LogP contribution in [0.5, 0.6) is 0 Å². The lowest BCUT2D eigenvalue weighted by molar-refractivity contribution is -0.145. The Bertz CT molecular complexity index is 165. The standard InChI is InChI=1S/C7H10O4/c1-10-7(9)6-11-5-3-2-4-8/h8H,4-6H2,1H3. The van der Waals surface area contributed by atoms with Crippen molar-refractivity contribution in [1.29, 1.82) is 0 Å². The fourth-order valence-electron chi connectivity index (χ4n) is 0.351. The van der Waals surface area contributed by atoms with Crippen molar-refractivity contribution in [2.45, 2.75) is 0 Å². The zero-order chi connectivity index (χ0) is 8.53. The average Bonchev–Trinajstić information content (AvgIpc) is 2.04. The molecule has 0 rings (SSSR count). The third kappa shape index (κ3) is 6.84. The van der Waals surface area contributed by atoms with Crippen LogP contribution in [0.2, 0.25) is 0 Å². The highest BCUT2D eigenvalue weighted by Gasteiger charge is 1.96. The zero-order valence-electron chi connectivity index (χ0n) is 6.29. The van der Waals surface area contributed by atoms with Crippen LogP contribution in [-0.2, 0) is 14.3 Å². The van der Waals surface area contributed by atoms with E-state index in [9.17, 15) is 4.79 Å². The summed E-state index contributed by atoms with van der Waals surface area (Å²) >= 11 is 0. The minimum atomic E-state index is -0.434. The van der Waals surface area contributed by atoms with Crippen LogP contribution in [-0.4, -0.2) is 38.0 Å². The van der Waals surface area contributed by atoms with E-state index in [2.05, 4.69) is 16.6 Å². The molecule has 0 aromatic rings. The minimum absolute atomic E-state index is 0.101. The molecule has 0 saturated carbocycles. The van der Waals surface area contributed by atoms with Gasteiger partial charge in [0.1, 0.15) is 19.8 Å². The van der Waals surface area contributed by atoms with Gasteiger partial charge in [0, 0.05) is 0 Å². The minimum Gasteiger partial charge on any atom is -0.467 e. The molecular weight excluding hydrogens is 148 g/mol. The second-order valence-electron chi connectivity index (χ2n) is 1.58. The van der Waals surface area contributed by atoms with Gasteiger partial charge in [-0.2, -0.15) is 0 Å². The summed E-state index contributed by atoms with van der Waals surface area (Å²) in [6.07, 6.45) is 0. The average molecular weight is 158 g/mol. The first-order chi connectivity index (χ1) is 5.31. The molecule has 62 valence electrons. The maximum Gasteiger partial charge on any atom is 0.331 e. The Hall–Kier alpha value is -1.05. The quantitative estimate of drug-likeness (QED) is 0.331. The van der Waals surface area contributed by atoms with Crippen LogP contribution in [0, 0.1) is 11.8 Å². The number of hydrogen-bond acceptors (Lipinski definition) is 4. The lowest BCUT2D eigenvalue weighted by Crippen LogP contribution is -2.10. The Kier molecular flexibility index (Phi) is 6.39. The van der Waals surface area contributed by atoms with Crippen molar-refractivity contribution in [2.24, 2.45) is 0 Å². The van der Waals surface area contributed by atoms with E-state index in [1.165, 1.54) is 7.11 Å². The molecule has 0 heterocycles. The van der Waals surface area contributed by atoms with E-state index in [4.69, 9.17) is 9.84 Å². The number of methoxy groups -OCH3 is 1. The highest BCUT2D eigenvalue weighted by Crippen LogP contribution is 1.76. The van der Waals surface area contributed by atoms with Crippen LogP contribution < -0.4 is 0 Å². The van der Waals surface area contributed by atoms with Gasteiger partial charge in [-0.05, 0) is 0 Å². The Morgan fingerprint density at radius 3 is 2.82 bits per heavy atom. The maximum absolute atomic E-state index is 10.4. The summed E-state index contributed by atoms with van der Waals surface area (Å²) in [6, 6.07) is 0. The molecule has 0 fully saturated rings. The Balaban J connectivity index is 3.21. The predicted octanol–water partition coefficient (Wildman–Crippen LogP) is -0.828. The van der Waals surface area contributed by atoms with Gasteiger partial charge in [-0.3, -0.25) is 0 Å². The summed E-state index contributed by atoms with van der Waals surface area (Å²) in [4.78, 5) is 10.4. The van der Waals surface area contributed by atoms with Crippen molar-refractivity contribution >= 4 is 5.97 Å². The lowest BCUT2D eigenvalue weighted by atomic mass is 10.6. The Morgan fingerprint density at radius 2 is 2.27 bits per heavy atom. The summed E-state index contributed by atoms with van der Waals surface area (Å²) in [5.74, 6) is 4.42. The SMILES string of the molecule is COC(=O)COCC#CCO. The lowest BCUT2D eigenvalue weighted by Gasteiger charge is -1.96. The number of aliphatic hydroxyl groups is 1. The number of carbonyl (C=O) groups is 1. The van der Waals surface area contributed by atoms with Gasteiger partial charge in [-0.1, -0.05) is 11.8 Å². The van der Waals surface area contributed by atoms with Gasteiger partial charge >= 0.3 is 5.97 Å². The van der Waals surface area contributed by atoms with Crippen LogP contribution in [0.15, 0.2) is 0 Å². The predicted molar refractivity (Wildman–Crippen MR) is 37.7 cm³/mol. The first-order valence-corrected chi connectivity index (χ1v) is 3.02. The third-order valence-corrected chi connectivity index (χ3v) is 0.826. The normalized spacial score (nSPS) is 8.18. The molecule has 0 saturated heterocycles. The molecule has 0 bridgehead atoms. The highest BCUT2D eigenvalue weighted by molar-refractivity contribution is 5.70. The van der Waals surface area contributed by atoms with Crippen molar-refractivity contribution in [2.75, 3.05) is 26.9 Å². The molecule has 0 aliphatic carbocycles. The van der Waals surface area contributed by atoms with Gasteiger partial charge in [0.05, 0.1) is 7.11 Å². The van der Waals surface area contributed by atoms with Crippen molar-refractivity contribution in [3.63, 3.8) is 0 Å². The van der Waals surface area contributed by atoms with Crippen LogP contribution >= 0.6 is 0 Å². The highest BCUT2D eigenvalue weighted by atomic mass is 16.6.